The molecule has 0 spiro atoms. The Kier molecular flexibility index (Phi) is 4.25. The first-order valence-corrected chi connectivity index (χ1v) is 7.03. The highest BCUT2D eigenvalue weighted by Gasteiger charge is 2.49. The van der Waals surface area contributed by atoms with Gasteiger partial charge in [-0.05, 0) is 31.7 Å². The van der Waals surface area contributed by atoms with Crippen LogP contribution in [0.2, 0.25) is 0 Å². The molecule has 104 valence electrons. The van der Waals surface area contributed by atoms with Crippen molar-refractivity contribution in [2.75, 3.05) is 39.3 Å². The predicted octanol–water partition coefficient (Wildman–Crippen LogP) is 0.206. The molecule has 5 heteroatoms. The second-order valence-corrected chi connectivity index (χ2v) is 5.74. The van der Waals surface area contributed by atoms with Gasteiger partial charge in [0.05, 0.1) is 0 Å². The summed E-state index contributed by atoms with van der Waals surface area (Å²) < 4.78 is 0. The number of carbonyl (C=O) groups is 1. The Balaban J connectivity index is 1.84. The summed E-state index contributed by atoms with van der Waals surface area (Å²) in [4.78, 5) is 16.0. The standard InChI is InChI=1S/C13H25N3O2/c1-2-5-15-6-8-16(9-7-15)10-13(14,12(17)18)11-3-4-11/h11H,2-10,14H2,1H3,(H,17,18). The lowest BCUT2D eigenvalue weighted by Crippen LogP contribution is -2.60. The van der Waals surface area contributed by atoms with E-state index < -0.39 is 11.5 Å². The maximum absolute atomic E-state index is 11.4. The zero-order valence-electron chi connectivity index (χ0n) is 11.3. The van der Waals surface area contributed by atoms with Crippen LogP contribution in [0, 0.1) is 5.92 Å². The number of carboxylic acid groups (broad SMARTS) is 1. The molecule has 2 aliphatic rings. The Morgan fingerprint density at radius 1 is 1.28 bits per heavy atom. The normalized spacial score (nSPS) is 25.9. The van der Waals surface area contributed by atoms with Crippen molar-refractivity contribution in [3.8, 4) is 0 Å². The van der Waals surface area contributed by atoms with E-state index in [4.69, 9.17) is 5.73 Å². The molecule has 2 fully saturated rings. The van der Waals surface area contributed by atoms with Gasteiger partial charge < -0.3 is 15.7 Å². The van der Waals surface area contributed by atoms with Gasteiger partial charge in [-0.1, -0.05) is 6.92 Å². The lowest BCUT2D eigenvalue weighted by atomic mass is 9.93. The third-order valence-electron chi connectivity index (χ3n) is 4.19. The molecule has 1 aliphatic heterocycles. The number of hydrogen-bond acceptors (Lipinski definition) is 4. The monoisotopic (exact) mass is 255 g/mol. The zero-order chi connectivity index (χ0) is 13.2. The fourth-order valence-corrected chi connectivity index (χ4v) is 2.83. The van der Waals surface area contributed by atoms with Crippen LogP contribution in [0.25, 0.3) is 0 Å². The lowest BCUT2D eigenvalue weighted by Gasteiger charge is -2.38. The van der Waals surface area contributed by atoms with Gasteiger partial charge in [0.25, 0.3) is 0 Å². The summed E-state index contributed by atoms with van der Waals surface area (Å²) in [7, 11) is 0. The number of nitrogens with two attached hydrogens (primary N) is 1. The van der Waals surface area contributed by atoms with Gasteiger partial charge in [-0.25, -0.2) is 0 Å². The quantitative estimate of drug-likeness (QED) is 0.710. The minimum absolute atomic E-state index is 0.184. The molecule has 1 heterocycles. The van der Waals surface area contributed by atoms with Crippen LogP contribution in [0.5, 0.6) is 0 Å². The summed E-state index contributed by atoms with van der Waals surface area (Å²) in [5.74, 6) is -0.648. The number of piperazine rings is 1. The number of rotatable bonds is 6. The molecule has 0 amide bonds. The first-order valence-electron chi connectivity index (χ1n) is 7.03. The average molecular weight is 255 g/mol. The van der Waals surface area contributed by atoms with Gasteiger partial charge >= 0.3 is 5.97 Å². The van der Waals surface area contributed by atoms with Crippen molar-refractivity contribution in [3.63, 3.8) is 0 Å². The van der Waals surface area contributed by atoms with Gasteiger partial charge in [-0.15, -0.1) is 0 Å². The molecule has 1 aliphatic carbocycles. The molecule has 2 rings (SSSR count). The fourth-order valence-electron chi connectivity index (χ4n) is 2.83. The topological polar surface area (TPSA) is 69.8 Å². The smallest absolute Gasteiger partial charge is 0.325 e. The Labute approximate surface area is 109 Å². The van der Waals surface area contributed by atoms with Gasteiger partial charge in [0.1, 0.15) is 5.54 Å². The summed E-state index contributed by atoms with van der Waals surface area (Å²) in [5.41, 5.74) is 5.09. The third kappa shape index (κ3) is 3.02. The van der Waals surface area contributed by atoms with Crippen LogP contribution >= 0.6 is 0 Å². The second kappa shape index (κ2) is 5.55. The lowest BCUT2D eigenvalue weighted by molar-refractivity contribution is -0.145. The molecular formula is C13H25N3O2. The first kappa shape index (κ1) is 13.8. The van der Waals surface area contributed by atoms with Crippen LogP contribution in [0.1, 0.15) is 26.2 Å². The highest BCUT2D eigenvalue weighted by atomic mass is 16.4. The van der Waals surface area contributed by atoms with E-state index in [-0.39, 0.29) is 5.92 Å². The van der Waals surface area contributed by atoms with Gasteiger partial charge in [-0.2, -0.15) is 0 Å². The van der Waals surface area contributed by atoms with Crippen LogP contribution in [0.3, 0.4) is 0 Å². The molecule has 0 aromatic carbocycles. The Hall–Kier alpha value is -0.650. The molecule has 1 saturated heterocycles. The van der Waals surface area contributed by atoms with Gasteiger partial charge in [0.2, 0.25) is 0 Å². The van der Waals surface area contributed by atoms with Crippen LogP contribution in [0.15, 0.2) is 0 Å². The predicted molar refractivity (Wildman–Crippen MR) is 70.4 cm³/mol. The summed E-state index contributed by atoms with van der Waals surface area (Å²) >= 11 is 0. The van der Waals surface area contributed by atoms with E-state index in [1.165, 1.54) is 6.42 Å². The fraction of sp³-hybridized carbons (Fsp3) is 0.923. The molecule has 18 heavy (non-hydrogen) atoms. The maximum atomic E-state index is 11.4. The van der Waals surface area contributed by atoms with Crippen molar-refractivity contribution in [2.45, 2.75) is 31.7 Å². The molecule has 0 radical (unpaired) electrons. The SMILES string of the molecule is CCCN1CCN(CC(N)(C(=O)O)C2CC2)CC1. The van der Waals surface area contributed by atoms with Gasteiger partial charge in [0, 0.05) is 32.7 Å². The van der Waals surface area contributed by atoms with Gasteiger partial charge in [-0.3, -0.25) is 9.69 Å². The van der Waals surface area contributed by atoms with Crippen molar-refractivity contribution in [1.82, 2.24) is 9.80 Å². The van der Waals surface area contributed by atoms with E-state index in [0.29, 0.717) is 6.54 Å². The minimum atomic E-state index is -1.02. The van der Waals surface area contributed by atoms with Crippen LogP contribution in [-0.2, 0) is 4.79 Å². The minimum Gasteiger partial charge on any atom is -0.480 e. The summed E-state index contributed by atoms with van der Waals surface area (Å²) in [5, 5.41) is 9.35. The van der Waals surface area contributed by atoms with Gasteiger partial charge in [0.15, 0.2) is 0 Å². The number of aliphatic carboxylic acids is 1. The van der Waals surface area contributed by atoms with Crippen LogP contribution < -0.4 is 5.73 Å². The number of carboxylic acids is 1. The summed E-state index contributed by atoms with van der Waals surface area (Å²) in [6, 6.07) is 0. The molecule has 0 bridgehead atoms. The molecule has 0 aromatic heterocycles. The van der Waals surface area contributed by atoms with Crippen molar-refractivity contribution < 1.29 is 9.90 Å². The summed E-state index contributed by atoms with van der Waals surface area (Å²) in [6.07, 6.45) is 3.12. The average Bonchev–Trinajstić information content (AvgIpc) is 3.16. The second-order valence-electron chi connectivity index (χ2n) is 5.74. The van der Waals surface area contributed by atoms with Crippen LogP contribution in [0.4, 0.5) is 0 Å². The van der Waals surface area contributed by atoms with Crippen molar-refractivity contribution in [3.05, 3.63) is 0 Å². The van der Waals surface area contributed by atoms with Crippen molar-refractivity contribution in [2.24, 2.45) is 11.7 Å². The molecule has 1 saturated carbocycles. The van der Waals surface area contributed by atoms with E-state index in [9.17, 15) is 9.90 Å². The zero-order valence-corrected chi connectivity index (χ0v) is 11.3. The highest BCUT2D eigenvalue weighted by molar-refractivity contribution is 5.79. The summed E-state index contributed by atoms with van der Waals surface area (Å²) in [6.45, 7) is 7.80. The molecule has 1 atom stereocenters. The Bertz CT molecular complexity index is 299. The molecule has 5 nitrogen and oxygen atoms in total. The molecular weight excluding hydrogens is 230 g/mol. The maximum Gasteiger partial charge on any atom is 0.325 e. The van der Waals surface area contributed by atoms with E-state index >= 15 is 0 Å². The van der Waals surface area contributed by atoms with E-state index in [1.807, 2.05) is 0 Å². The highest BCUT2D eigenvalue weighted by Crippen LogP contribution is 2.39. The van der Waals surface area contributed by atoms with E-state index in [0.717, 1.165) is 45.6 Å². The Morgan fingerprint density at radius 2 is 1.83 bits per heavy atom. The van der Waals surface area contributed by atoms with E-state index in [2.05, 4.69) is 16.7 Å². The van der Waals surface area contributed by atoms with Crippen LogP contribution in [-0.4, -0.2) is 65.7 Å². The van der Waals surface area contributed by atoms with Crippen molar-refractivity contribution in [1.29, 1.82) is 0 Å². The van der Waals surface area contributed by atoms with Crippen molar-refractivity contribution >= 4 is 5.97 Å². The number of nitrogens with zero attached hydrogens (tertiary/aromatic N) is 2. The molecule has 0 aromatic rings. The largest absolute Gasteiger partial charge is 0.480 e. The molecule has 1 unspecified atom stereocenters. The van der Waals surface area contributed by atoms with E-state index in [1.54, 1.807) is 0 Å². The Morgan fingerprint density at radius 3 is 2.28 bits per heavy atom. The number of hydrogen-bond donors (Lipinski definition) is 2. The third-order valence-corrected chi connectivity index (χ3v) is 4.19. The molecule has 3 N–H and O–H groups in total. The first-order chi connectivity index (χ1) is 8.56.